The highest BCUT2D eigenvalue weighted by atomic mass is 16.5. The second kappa shape index (κ2) is 3.77. The molecule has 0 fully saturated rings. The van der Waals surface area contributed by atoms with Crippen molar-refractivity contribution in [2.24, 2.45) is 0 Å². The highest BCUT2D eigenvalue weighted by Crippen LogP contribution is 1.89. The molecule has 4 heteroatoms. The van der Waals surface area contributed by atoms with E-state index in [9.17, 15) is 4.79 Å². The van der Waals surface area contributed by atoms with Crippen molar-refractivity contribution in [2.45, 2.75) is 6.92 Å². The lowest BCUT2D eigenvalue weighted by molar-refractivity contribution is -0.141. The molecule has 0 saturated heterocycles. The van der Waals surface area contributed by atoms with Gasteiger partial charge < -0.3 is 14.9 Å². The fourth-order valence-electron chi connectivity index (χ4n) is 0.258. The lowest BCUT2D eigenvalue weighted by atomic mass is 10.6. The van der Waals surface area contributed by atoms with Crippen LogP contribution in [0.3, 0.4) is 0 Å². The predicted molar refractivity (Wildman–Crippen MR) is 30.0 cm³/mol. The fraction of sp³-hybridized carbons (Fsp3) is 0.400. The number of ether oxygens (including phenoxy) is 1. The Hall–Kier alpha value is -1.19. The molecule has 0 aliphatic carbocycles. The molecule has 0 saturated carbocycles. The summed E-state index contributed by atoms with van der Waals surface area (Å²) in [6, 6.07) is 0. The summed E-state index contributed by atoms with van der Waals surface area (Å²) in [6.07, 6.45) is 0.290. The number of hydrogen-bond acceptors (Lipinski definition) is 4. The Labute approximate surface area is 52.4 Å². The van der Waals surface area contributed by atoms with E-state index in [1.165, 1.54) is 0 Å². The highest BCUT2D eigenvalue weighted by molar-refractivity contribution is 5.85. The molecule has 4 nitrogen and oxygen atoms in total. The first-order valence-corrected chi connectivity index (χ1v) is 2.42. The maximum atomic E-state index is 10.3. The van der Waals surface area contributed by atoms with Crippen molar-refractivity contribution in [2.75, 3.05) is 6.61 Å². The van der Waals surface area contributed by atoms with Gasteiger partial charge in [-0.2, -0.15) is 0 Å². The first-order chi connectivity index (χ1) is 4.22. The molecule has 0 atom stereocenters. The number of aliphatic hydroxyl groups is 2. The minimum atomic E-state index is -0.917. The Kier molecular flexibility index (Phi) is 3.27. The third-order valence-electron chi connectivity index (χ3n) is 0.607. The largest absolute Gasteiger partial charge is 0.511 e. The Morgan fingerprint density at radius 1 is 1.78 bits per heavy atom. The zero-order chi connectivity index (χ0) is 7.28. The third kappa shape index (κ3) is 2.58. The maximum Gasteiger partial charge on any atom is 0.376 e. The van der Waals surface area contributed by atoms with Crippen LogP contribution in [0.25, 0.3) is 0 Å². The van der Waals surface area contributed by atoms with Gasteiger partial charge in [-0.3, -0.25) is 0 Å². The zero-order valence-corrected chi connectivity index (χ0v) is 5.00. The van der Waals surface area contributed by atoms with Crippen molar-refractivity contribution in [3.8, 4) is 0 Å². The second-order valence-electron chi connectivity index (χ2n) is 1.23. The number of carbonyl (C=O) groups excluding carboxylic acids is 1. The number of esters is 1. The van der Waals surface area contributed by atoms with Crippen LogP contribution < -0.4 is 0 Å². The van der Waals surface area contributed by atoms with Crippen LogP contribution in [0.2, 0.25) is 0 Å². The minimum absolute atomic E-state index is 0.177. The molecule has 52 valence electrons. The number of rotatable bonds is 2. The van der Waals surface area contributed by atoms with Crippen LogP contribution in [0.15, 0.2) is 12.0 Å². The molecule has 0 rings (SSSR count). The van der Waals surface area contributed by atoms with E-state index in [0.717, 1.165) is 0 Å². The number of hydrogen-bond donors (Lipinski definition) is 2. The molecule has 0 aliphatic rings. The van der Waals surface area contributed by atoms with E-state index in [4.69, 9.17) is 10.2 Å². The molecular weight excluding hydrogens is 124 g/mol. The van der Waals surface area contributed by atoms with Crippen molar-refractivity contribution >= 4 is 5.97 Å². The summed E-state index contributed by atoms with van der Waals surface area (Å²) in [4.78, 5) is 10.3. The van der Waals surface area contributed by atoms with Crippen LogP contribution in [-0.4, -0.2) is 22.8 Å². The van der Waals surface area contributed by atoms with Crippen LogP contribution in [0.5, 0.6) is 0 Å². The van der Waals surface area contributed by atoms with Crippen molar-refractivity contribution in [1.82, 2.24) is 0 Å². The summed E-state index contributed by atoms with van der Waals surface area (Å²) in [7, 11) is 0. The third-order valence-corrected chi connectivity index (χ3v) is 0.607. The van der Waals surface area contributed by atoms with Gasteiger partial charge in [-0.1, -0.05) is 0 Å². The number of aliphatic hydroxyl groups excluding tert-OH is 2. The molecule has 0 radical (unpaired) electrons. The fourth-order valence-corrected chi connectivity index (χ4v) is 0.258. The molecule has 0 bridgehead atoms. The molecule has 0 aliphatic heterocycles. The highest BCUT2D eigenvalue weighted by Gasteiger charge is 2.05. The van der Waals surface area contributed by atoms with Gasteiger partial charge in [-0.05, 0) is 6.92 Å². The quantitative estimate of drug-likeness (QED) is 0.326. The first-order valence-electron chi connectivity index (χ1n) is 2.42. The maximum absolute atomic E-state index is 10.3. The van der Waals surface area contributed by atoms with E-state index in [2.05, 4.69) is 4.74 Å². The Morgan fingerprint density at radius 3 is 2.67 bits per heavy atom. The first kappa shape index (κ1) is 7.81. The van der Waals surface area contributed by atoms with E-state index in [1.54, 1.807) is 6.92 Å². The zero-order valence-electron chi connectivity index (χ0n) is 5.00. The molecule has 0 spiro atoms. The molecule has 0 heterocycles. The monoisotopic (exact) mass is 132 g/mol. The standard InChI is InChI=1S/C5H8O4/c1-2-9-5(8)4(7)3-6/h3,6-7H,2H2,1H3/b4-3-. The summed E-state index contributed by atoms with van der Waals surface area (Å²) in [5.41, 5.74) is 0. The van der Waals surface area contributed by atoms with E-state index >= 15 is 0 Å². The summed E-state index contributed by atoms with van der Waals surface area (Å²) < 4.78 is 4.28. The molecule has 0 amide bonds. The summed E-state index contributed by atoms with van der Waals surface area (Å²) >= 11 is 0. The van der Waals surface area contributed by atoms with Gasteiger partial charge in [0, 0.05) is 0 Å². The molecular formula is C5H8O4. The average molecular weight is 132 g/mol. The van der Waals surface area contributed by atoms with Crippen molar-refractivity contribution in [1.29, 1.82) is 0 Å². The molecule has 0 aromatic carbocycles. The van der Waals surface area contributed by atoms with E-state index in [1.807, 2.05) is 0 Å². The van der Waals surface area contributed by atoms with E-state index in [-0.39, 0.29) is 12.9 Å². The second-order valence-corrected chi connectivity index (χ2v) is 1.23. The van der Waals surface area contributed by atoms with Crippen molar-refractivity contribution in [3.63, 3.8) is 0 Å². The predicted octanol–water partition coefficient (Wildman–Crippen LogP) is 0.507. The van der Waals surface area contributed by atoms with E-state index < -0.39 is 11.7 Å². The minimum Gasteiger partial charge on any atom is -0.511 e. The van der Waals surface area contributed by atoms with Gasteiger partial charge in [0.25, 0.3) is 0 Å². The number of carbonyl (C=O) groups is 1. The van der Waals surface area contributed by atoms with E-state index in [0.29, 0.717) is 0 Å². The normalized spacial score (nSPS) is 11.0. The van der Waals surface area contributed by atoms with Crippen LogP contribution >= 0.6 is 0 Å². The lowest BCUT2D eigenvalue weighted by Crippen LogP contribution is -2.06. The Morgan fingerprint density at radius 2 is 2.33 bits per heavy atom. The summed E-state index contributed by atoms with van der Waals surface area (Å²) in [6.45, 7) is 1.78. The summed E-state index contributed by atoms with van der Waals surface area (Å²) in [5.74, 6) is -1.70. The molecule has 0 aromatic rings. The SMILES string of the molecule is CCOC(=O)/C(O)=C/O. The van der Waals surface area contributed by atoms with Gasteiger partial charge in [0.1, 0.15) is 6.26 Å². The van der Waals surface area contributed by atoms with Crippen molar-refractivity contribution in [3.05, 3.63) is 12.0 Å². The van der Waals surface area contributed by atoms with Gasteiger partial charge in [-0.15, -0.1) is 0 Å². The lowest BCUT2D eigenvalue weighted by Gasteiger charge is -1.96. The van der Waals surface area contributed by atoms with Gasteiger partial charge in [0.15, 0.2) is 0 Å². The van der Waals surface area contributed by atoms with Crippen LogP contribution in [-0.2, 0) is 9.53 Å². The van der Waals surface area contributed by atoms with Crippen LogP contribution in [0.1, 0.15) is 6.92 Å². The van der Waals surface area contributed by atoms with Crippen LogP contribution in [0, 0.1) is 0 Å². The molecule has 0 unspecified atom stereocenters. The van der Waals surface area contributed by atoms with Crippen LogP contribution in [0.4, 0.5) is 0 Å². The van der Waals surface area contributed by atoms with Gasteiger partial charge in [0.2, 0.25) is 5.76 Å². The van der Waals surface area contributed by atoms with Gasteiger partial charge in [-0.25, -0.2) is 4.79 Å². The van der Waals surface area contributed by atoms with Crippen molar-refractivity contribution < 1.29 is 19.7 Å². The molecule has 9 heavy (non-hydrogen) atoms. The molecule has 0 aromatic heterocycles. The topological polar surface area (TPSA) is 66.8 Å². The van der Waals surface area contributed by atoms with Gasteiger partial charge >= 0.3 is 5.97 Å². The molecule has 2 N–H and O–H groups in total. The Balaban J connectivity index is 3.74. The van der Waals surface area contributed by atoms with Gasteiger partial charge in [0.05, 0.1) is 6.61 Å². The smallest absolute Gasteiger partial charge is 0.376 e. The average Bonchev–Trinajstić information content (AvgIpc) is 1.87. The Bertz CT molecular complexity index is 127. The summed E-state index contributed by atoms with van der Waals surface area (Å²) in [5, 5.41) is 16.4.